The monoisotopic (exact) mass is 464 g/mol. The van der Waals surface area contributed by atoms with E-state index in [1.165, 1.54) is 11.3 Å². The third-order valence-corrected chi connectivity index (χ3v) is 6.71. The summed E-state index contributed by atoms with van der Waals surface area (Å²) in [6, 6.07) is 18.1. The summed E-state index contributed by atoms with van der Waals surface area (Å²) in [4.78, 5) is 37.4. The number of hydrogen-bond acceptors (Lipinski definition) is 5. The summed E-state index contributed by atoms with van der Waals surface area (Å²) in [6.45, 7) is 1.88. The van der Waals surface area contributed by atoms with Gasteiger partial charge in [0.05, 0.1) is 12.5 Å². The van der Waals surface area contributed by atoms with E-state index in [2.05, 4.69) is 10.6 Å². The maximum absolute atomic E-state index is 12.7. The number of rotatable bonds is 8. The van der Waals surface area contributed by atoms with Gasteiger partial charge in [-0.3, -0.25) is 9.59 Å². The fourth-order valence-corrected chi connectivity index (χ4v) is 4.82. The lowest BCUT2D eigenvalue weighted by atomic mass is 9.98. The van der Waals surface area contributed by atoms with E-state index >= 15 is 0 Å². The molecule has 1 aliphatic carbocycles. The van der Waals surface area contributed by atoms with E-state index in [-0.39, 0.29) is 18.6 Å². The third-order valence-electron chi connectivity index (χ3n) is 5.66. The van der Waals surface area contributed by atoms with Crippen LogP contribution in [0.5, 0.6) is 0 Å². The highest BCUT2D eigenvalue weighted by Gasteiger charge is 2.30. The van der Waals surface area contributed by atoms with Crippen LogP contribution in [0.4, 0.5) is 4.79 Å². The average molecular weight is 465 g/mol. The number of hydrogen-bond donors (Lipinski definition) is 3. The normalized spacial score (nSPS) is 14.0. The first-order chi connectivity index (χ1) is 15.9. The Balaban J connectivity index is 1.41. The van der Waals surface area contributed by atoms with Crippen LogP contribution < -0.4 is 10.6 Å². The molecule has 4 rings (SSSR count). The summed E-state index contributed by atoms with van der Waals surface area (Å²) in [5, 5.41) is 16.3. The number of carboxylic acids is 1. The SMILES string of the molecule is C[C@H](NC(=O)C(CC(=O)O)NC(=O)OCC1c2ccccc2-c2ccccc21)c1cccs1. The molecule has 1 aromatic heterocycles. The topological polar surface area (TPSA) is 105 Å². The Labute approximate surface area is 195 Å². The Hall–Kier alpha value is -3.65. The van der Waals surface area contributed by atoms with Gasteiger partial charge in [-0.15, -0.1) is 11.3 Å². The van der Waals surface area contributed by atoms with Gasteiger partial charge in [0.15, 0.2) is 0 Å². The standard InChI is InChI=1S/C25H24N2O5S/c1-15(22-11-6-12-33-22)26-24(30)21(13-23(28)29)27-25(31)32-14-20-18-9-4-2-7-16(18)17-8-3-5-10-19(17)20/h2-12,15,20-21H,13-14H2,1H3,(H,26,30)(H,27,31)(H,28,29)/t15-,21?/m0/s1. The lowest BCUT2D eigenvalue weighted by Gasteiger charge is -2.20. The number of ether oxygens (including phenoxy) is 1. The smallest absolute Gasteiger partial charge is 0.407 e. The minimum atomic E-state index is -1.25. The molecule has 1 aliphatic rings. The van der Waals surface area contributed by atoms with Crippen molar-refractivity contribution in [3.63, 3.8) is 0 Å². The number of alkyl carbamates (subject to hydrolysis) is 1. The minimum Gasteiger partial charge on any atom is -0.481 e. The number of aliphatic carboxylic acids is 1. The molecule has 1 unspecified atom stereocenters. The Morgan fingerprint density at radius 3 is 2.18 bits per heavy atom. The molecule has 33 heavy (non-hydrogen) atoms. The fourth-order valence-electron chi connectivity index (χ4n) is 4.09. The van der Waals surface area contributed by atoms with Crippen LogP contribution in [0.15, 0.2) is 66.0 Å². The van der Waals surface area contributed by atoms with Crippen LogP contribution in [0, 0.1) is 0 Å². The minimum absolute atomic E-state index is 0.0763. The van der Waals surface area contributed by atoms with E-state index in [0.29, 0.717) is 0 Å². The number of benzene rings is 2. The number of amides is 2. The van der Waals surface area contributed by atoms with Crippen LogP contribution in [0.25, 0.3) is 11.1 Å². The van der Waals surface area contributed by atoms with E-state index in [1.807, 2.05) is 66.0 Å². The summed E-state index contributed by atoms with van der Waals surface area (Å²) >= 11 is 1.48. The van der Waals surface area contributed by atoms with Crippen molar-refractivity contribution in [2.75, 3.05) is 6.61 Å². The quantitative estimate of drug-likeness (QED) is 0.461. The van der Waals surface area contributed by atoms with Gasteiger partial charge in [-0.1, -0.05) is 54.6 Å². The van der Waals surface area contributed by atoms with E-state index in [9.17, 15) is 19.5 Å². The van der Waals surface area contributed by atoms with Gasteiger partial charge in [0.2, 0.25) is 5.91 Å². The van der Waals surface area contributed by atoms with E-state index in [1.54, 1.807) is 6.92 Å². The molecule has 0 radical (unpaired) electrons. The molecule has 0 bridgehead atoms. The van der Waals surface area contributed by atoms with Crippen LogP contribution in [0.2, 0.25) is 0 Å². The molecule has 3 N–H and O–H groups in total. The van der Waals surface area contributed by atoms with Crippen molar-refractivity contribution in [1.29, 1.82) is 0 Å². The number of thiophene rings is 1. The lowest BCUT2D eigenvalue weighted by Crippen LogP contribution is -2.48. The molecule has 0 saturated heterocycles. The number of carbonyl (C=O) groups excluding carboxylic acids is 2. The van der Waals surface area contributed by atoms with Crippen molar-refractivity contribution >= 4 is 29.3 Å². The van der Waals surface area contributed by atoms with E-state index in [0.717, 1.165) is 27.1 Å². The molecule has 2 atom stereocenters. The maximum Gasteiger partial charge on any atom is 0.407 e. The predicted molar refractivity (Wildman–Crippen MR) is 125 cm³/mol. The molecule has 7 nitrogen and oxygen atoms in total. The van der Waals surface area contributed by atoms with Crippen molar-refractivity contribution in [3.8, 4) is 11.1 Å². The molecule has 3 aromatic rings. The molecule has 170 valence electrons. The van der Waals surface area contributed by atoms with Crippen molar-refractivity contribution in [2.45, 2.75) is 31.3 Å². The second-order valence-electron chi connectivity index (χ2n) is 7.87. The van der Waals surface area contributed by atoms with Gasteiger partial charge < -0.3 is 20.5 Å². The first kappa shape index (κ1) is 22.5. The summed E-state index contributed by atoms with van der Waals surface area (Å²) in [5.74, 6) is -1.90. The third kappa shape index (κ3) is 5.06. The molecular weight excluding hydrogens is 440 g/mol. The molecule has 0 saturated carbocycles. The summed E-state index contributed by atoms with van der Waals surface area (Å²) in [7, 11) is 0. The van der Waals surface area contributed by atoms with Gasteiger partial charge in [0.25, 0.3) is 0 Å². The number of carbonyl (C=O) groups is 3. The maximum atomic E-state index is 12.7. The Morgan fingerprint density at radius 2 is 1.61 bits per heavy atom. The highest BCUT2D eigenvalue weighted by Crippen LogP contribution is 2.44. The molecule has 2 aromatic carbocycles. The molecule has 1 heterocycles. The molecule has 0 aliphatic heterocycles. The van der Waals surface area contributed by atoms with Crippen molar-refractivity contribution in [3.05, 3.63) is 82.0 Å². The van der Waals surface area contributed by atoms with Crippen LogP contribution in [-0.4, -0.2) is 35.7 Å². The number of fused-ring (bicyclic) bond motifs is 3. The van der Waals surface area contributed by atoms with Crippen LogP contribution in [-0.2, 0) is 14.3 Å². The van der Waals surface area contributed by atoms with Crippen molar-refractivity contribution in [2.24, 2.45) is 0 Å². The van der Waals surface area contributed by atoms with Crippen molar-refractivity contribution < 1.29 is 24.2 Å². The predicted octanol–water partition coefficient (Wildman–Crippen LogP) is 4.31. The zero-order valence-electron chi connectivity index (χ0n) is 18.0. The average Bonchev–Trinajstić information content (AvgIpc) is 3.44. The van der Waals surface area contributed by atoms with Gasteiger partial charge >= 0.3 is 12.1 Å². The molecular formula is C25H24N2O5S. The summed E-state index contributed by atoms with van der Waals surface area (Å²) in [5.41, 5.74) is 4.34. The second-order valence-corrected chi connectivity index (χ2v) is 8.85. The van der Waals surface area contributed by atoms with Gasteiger partial charge in [-0.2, -0.15) is 0 Å². The van der Waals surface area contributed by atoms with Gasteiger partial charge in [-0.05, 0) is 40.6 Å². The molecule has 8 heteroatoms. The van der Waals surface area contributed by atoms with Gasteiger partial charge in [-0.25, -0.2) is 4.79 Å². The lowest BCUT2D eigenvalue weighted by molar-refractivity contribution is -0.140. The first-order valence-electron chi connectivity index (χ1n) is 10.6. The zero-order chi connectivity index (χ0) is 23.4. The summed E-state index contributed by atoms with van der Waals surface area (Å²) in [6.07, 6.45) is -1.38. The molecule has 0 spiro atoms. The van der Waals surface area contributed by atoms with Crippen LogP contribution in [0.1, 0.15) is 41.3 Å². The van der Waals surface area contributed by atoms with Crippen LogP contribution in [0.3, 0.4) is 0 Å². The van der Waals surface area contributed by atoms with Gasteiger partial charge in [0, 0.05) is 10.8 Å². The van der Waals surface area contributed by atoms with E-state index in [4.69, 9.17) is 4.74 Å². The van der Waals surface area contributed by atoms with Crippen LogP contribution >= 0.6 is 11.3 Å². The zero-order valence-corrected chi connectivity index (χ0v) is 18.8. The highest BCUT2D eigenvalue weighted by molar-refractivity contribution is 7.10. The Bertz CT molecular complexity index is 1120. The molecule has 0 fully saturated rings. The molecule has 2 amide bonds. The Morgan fingerprint density at radius 1 is 0.970 bits per heavy atom. The first-order valence-corrected chi connectivity index (χ1v) is 11.5. The Kier molecular flexibility index (Phi) is 6.74. The summed E-state index contributed by atoms with van der Waals surface area (Å²) < 4.78 is 5.46. The van der Waals surface area contributed by atoms with Gasteiger partial charge in [0.1, 0.15) is 12.6 Å². The van der Waals surface area contributed by atoms with E-state index < -0.39 is 30.4 Å². The fraction of sp³-hybridized carbons (Fsp3) is 0.240. The second kappa shape index (κ2) is 9.87. The van der Waals surface area contributed by atoms with Crippen molar-refractivity contribution in [1.82, 2.24) is 10.6 Å². The largest absolute Gasteiger partial charge is 0.481 e. The number of carboxylic acid groups (broad SMARTS) is 1. The number of nitrogens with one attached hydrogen (secondary N) is 2. The highest BCUT2D eigenvalue weighted by atomic mass is 32.1.